The van der Waals surface area contributed by atoms with Gasteiger partial charge in [-0.2, -0.15) is 0 Å². The predicted octanol–water partition coefficient (Wildman–Crippen LogP) is 4.45. The van der Waals surface area contributed by atoms with Crippen LogP contribution < -0.4 is 0 Å². The third-order valence-corrected chi connectivity index (χ3v) is 6.52. The van der Waals surface area contributed by atoms with Crippen LogP contribution in [-0.2, 0) is 0 Å². The quantitative estimate of drug-likeness (QED) is 0.659. The summed E-state index contributed by atoms with van der Waals surface area (Å²) < 4.78 is 0. The van der Waals surface area contributed by atoms with Gasteiger partial charge < -0.3 is 0 Å². The summed E-state index contributed by atoms with van der Waals surface area (Å²) in [6, 6.07) is 0. The first-order valence-electron chi connectivity index (χ1n) is 7.52. The molecule has 0 bridgehead atoms. The van der Waals surface area contributed by atoms with Gasteiger partial charge >= 0.3 is 0 Å². The summed E-state index contributed by atoms with van der Waals surface area (Å²) in [5.41, 5.74) is 0. The SMILES string of the molecule is CC(C)C1C(C)CC1CC1C(C)C2C(C)C12. The van der Waals surface area contributed by atoms with Gasteiger partial charge in [0.15, 0.2) is 0 Å². The van der Waals surface area contributed by atoms with E-state index in [1.165, 1.54) is 6.42 Å². The molecule has 0 radical (unpaired) electrons. The summed E-state index contributed by atoms with van der Waals surface area (Å²) in [5, 5.41) is 0. The van der Waals surface area contributed by atoms with Crippen molar-refractivity contribution in [3.63, 3.8) is 0 Å². The summed E-state index contributed by atoms with van der Waals surface area (Å²) in [7, 11) is 0. The molecule has 0 heteroatoms. The van der Waals surface area contributed by atoms with E-state index in [9.17, 15) is 0 Å². The molecular formula is C16H28. The minimum Gasteiger partial charge on any atom is -0.0625 e. The Balaban J connectivity index is 1.56. The fourth-order valence-corrected chi connectivity index (χ4v) is 5.76. The molecule has 3 rings (SSSR count). The van der Waals surface area contributed by atoms with Crippen LogP contribution in [0.2, 0.25) is 0 Å². The van der Waals surface area contributed by atoms with E-state index in [2.05, 4.69) is 34.6 Å². The molecule has 0 aromatic heterocycles. The Labute approximate surface area is 101 Å². The average Bonchev–Trinajstić information content (AvgIpc) is 2.77. The molecule has 3 aliphatic carbocycles. The predicted molar refractivity (Wildman–Crippen MR) is 69.0 cm³/mol. The van der Waals surface area contributed by atoms with Gasteiger partial charge in [-0.25, -0.2) is 0 Å². The molecule has 0 spiro atoms. The Morgan fingerprint density at radius 2 is 1.69 bits per heavy atom. The molecule has 3 fully saturated rings. The molecule has 0 aromatic carbocycles. The highest BCUT2D eigenvalue weighted by atomic mass is 14.7. The second kappa shape index (κ2) is 3.50. The molecule has 92 valence electrons. The minimum atomic E-state index is 0.913. The Hall–Kier alpha value is 0. The monoisotopic (exact) mass is 220 g/mol. The Morgan fingerprint density at radius 1 is 1.00 bits per heavy atom. The highest BCUT2D eigenvalue weighted by molar-refractivity contribution is 5.12. The summed E-state index contributed by atoms with van der Waals surface area (Å²) >= 11 is 0. The highest BCUT2D eigenvalue weighted by Crippen LogP contribution is 2.70. The number of rotatable bonds is 3. The Morgan fingerprint density at radius 3 is 2.12 bits per heavy atom. The van der Waals surface area contributed by atoms with Gasteiger partial charge in [-0.15, -0.1) is 0 Å². The third-order valence-electron chi connectivity index (χ3n) is 6.52. The Kier molecular flexibility index (Phi) is 2.43. The van der Waals surface area contributed by atoms with Gasteiger partial charge in [0.05, 0.1) is 0 Å². The van der Waals surface area contributed by atoms with E-state index in [-0.39, 0.29) is 0 Å². The number of fused-ring (bicyclic) bond motifs is 1. The molecular weight excluding hydrogens is 192 g/mol. The Bertz CT molecular complexity index is 269. The third kappa shape index (κ3) is 1.34. The molecule has 0 N–H and O–H groups in total. The minimum absolute atomic E-state index is 0.913. The first-order valence-corrected chi connectivity index (χ1v) is 7.52. The summed E-state index contributed by atoms with van der Waals surface area (Å²) in [6.07, 6.45) is 3.09. The van der Waals surface area contributed by atoms with Crippen molar-refractivity contribution in [1.82, 2.24) is 0 Å². The maximum absolute atomic E-state index is 2.52. The molecule has 3 saturated carbocycles. The lowest BCUT2D eigenvalue weighted by molar-refractivity contribution is -0.000846. The molecule has 8 unspecified atom stereocenters. The van der Waals surface area contributed by atoms with Crippen molar-refractivity contribution in [2.75, 3.05) is 0 Å². The van der Waals surface area contributed by atoms with Crippen molar-refractivity contribution in [2.45, 2.75) is 47.5 Å². The van der Waals surface area contributed by atoms with Crippen LogP contribution in [0.25, 0.3) is 0 Å². The van der Waals surface area contributed by atoms with Crippen LogP contribution in [0, 0.1) is 53.3 Å². The standard InChI is InChI=1S/C16H28/c1-8(2)14-9(3)6-12(14)7-13-10(4)15-11(5)16(13)15/h8-16H,6-7H2,1-5H3. The van der Waals surface area contributed by atoms with Crippen LogP contribution in [0.5, 0.6) is 0 Å². The van der Waals surface area contributed by atoms with E-state index < -0.39 is 0 Å². The zero-order valence-corrected chi connectivity index (χ0v) is 11.6. The molecule has 3 aliphatic rings. The van der Waals surface area contributed by atoms with Crippen LogP contribution in [-0.4, -0.2) is 0 Å². The van der Waals surface area contributed by atoms with Crippen molar-refractivity contribution in [2.24, 2.45) is 53.3 Å². The van der Waals surface area contributed by atoms with Gasteiger partial charge in [-0.3, -0.25) is 0 Å². The molecule has 0 amide bonds. The molecule has 0 heterocycles. The second-order valence-electron chi connectivity index (χ2n) is 7.57. The van der Waals surface area contributed by atoms with E-state index in [4.69, 9.17) is 0 Å². The largest absolute Gasteiger partial charge is 0.0625 e. The van der Waals surface area contributed by atoms with Gasteiger partial charge in [-0.05, 0) is 66.1 Å². The van der Waals surface area contributed by atoms with Gasteiger partial charge in [0.2, 0.25) is 0 Å². The van der Waals surface area contributed by atoms with E-state index in [1.807, 2.05) is 0 Å². The van der Waals surface area contributed by atoms with Gasteiger partial charge in [0.25, 0.3) is 0 Å². The highest BCUT2D eigenvalue weighted by Gasteiger charge is 2.65. The van der Waals surface area contributed by atoms with E-state index in [0.717, 1.165) is 53.3 Å². The zero-order chi connectivity index (χ0) is 11.6. The lowest BCUT2D eigenvalue weighted by Crippen LogP contribution is -2.42. The van der Waals surface area contributed by atoms with Gasteiger partial charge in [-0.1, -0.05) is 34.6 Å². The summed E-state index contributed by atoms with van der Waals surface area (Å²) in [6.45, 7) is 12.3. The number of hydrogen-bond donors (Lipinski definition) is 0. The van der Waals surface area contributed by atoms with E-state index in [0.29, 0.717) is 0 Å². The van der Waals surface area contributed by atoms with Gasteiger partial charge in [0.1, 0.15) is 0 Å². The molecule has 0 aromatic rings. The van der Waals surface area contributed by atoms with Crippen molar-refractivity contribution >= 4 is 0 Å². The average molecular weight is 220 g/mol. The van der Waals surface area contributed by atoms with Crippen LogP contribution in [0.15, 0.2) is 0 Å². The fourth-order valence-electron chi connectivity index (χ4n) is 5.76. The summed E-state index contributed by atoms with van der Waals surface area (Å²) in [4.78, 5) is 0. The summed E-state index contributed by atoms with van der Waals surface area (Å²) in [5.74, 6) is 9.58. The van der Waals surface area contributed by atoms with Gasteiger partial charge in [0, 0.05) is 0 Å². The smallest absolute Gasteiger partial charge is 0.0321 e. The first-order chi connectivity index (χ1) is 7.52. The van der Waals surface area contributed by atoms with E-state index >= 15 is 0 Å². The lowest BCUT2D eigenvalue weighted by Gasteiger charge is -2.49. The zero-order valence-electron chi connectivity index (χ0n) is 11.6. The van der Waals surface area contributed by atoms with Crippen LogP contribution >= 0.6 is 0 Å². The molecule has 0 aliphatic heterocycles. The molecule has 8 atom stereocenters. The van der Waals surface area contributed by atoms with Crippen LogP contribution in [0.3, 0.4) is 0 Å². The second-order valence-corrected chi connectivity index (χ2v) is 7.57. The lowest BCUT2D eigenvalue weighted by atomic mass is 9.56. The normalized spacial score (nSPS) is 58.9. The van der Waals surface area contributed by atoms with E-state index in [1.54, 1.807) is 6.42 Å². The van der Waals surface area contributed by atoms with Crippen LogP contribution in [0.4, 0.5) is 0 Å². The van der Waals surface area contributed by atoms with Crippen molar-refractivity contribution in [1.29, 1.82) is 0 Å². The molecule has 0 nitrogen and oxygen atoms in total. The van der Waals surface area contributed by atoms with Crippen LogP contribution in [0.1, 0.15) is 47.5 Å². The van der Waals surface area contributed by atoms with Crippen molar-refractivity contribution in [3.8, 4) is 0 Å². The molecule has 16 heavy (non-hydrogen) atoms. The number of hydrogen-bond acceptors (Lipinski definition) is 0. The first kappa shape index (κ1) is 11.1. The van der Waals surface area contributed by atoms with Crippen molar-refractivity contribution < 1.29 is 0 Å². The maximum Gasteiger partial charge on any atom is -0.0321 e. The van der Waals surface area contributed by atoms with Crippen molar-refractivity contribution in [3.05, 3.63) is 0 Å². The fraction of sp³-hybridized carbons (Fsp3) is 1.00. The topological polar surface area (TPSA) is 0 Å². The maximum atomic E-state index is 2.52. The molecule has 0 saturated heterocycles.